The van der Waals surface area contributed by atoms with Gasteiger partial charge in [-0.1, -0.05) is 0 Å². The van der Waals surface area contributed by atoms with Gasteiger partial charge in [0, 0.05) is 48.5 Å². The third kappa shape index (κ3) is 3.50. The highest BCUT2D eigenvalue weighted by Gasteiger charge is 2.20. The molecule has 0 aliphatic carbocycles. The van der Waals surface area contributed by atoms with E-state index in [0.29, 0.717) is 0 Å². The Hall–Kier alpha value is -2.93. The van der Waals surface area contributed by atoms with Gasteiger partial charge < -0.3 is 15.2 Å². The highest BCUT2D eigenvalue weighted by molar-refractivity contribution is 5.95. The Balaban J connectivity index is 1.49. The van der Waals surface area contributed by atoms with Crippen molar-refractivity contribution in [3.63, 3.8) is 0 Å². The number of hydrogen-bond acceptors (Lipinski definition) is 4. The largest absolute Gasteiger partial charge is 0.328 e. The zero-order chi connectivity index (χ0) is 18.8. The molecule has 1 atom stereocenters. The lowest BCUT2D eigenvalue weighted by atomic mass is 10.1. The lowest BCUT2D eigenvalue weighted by Gasteiger charge is -2.17. The fourth-order valence-corrected chi connectivity index (χ4v) is 3.62. The number of hydrogen-bond donors (Lipinski definition) is 2. The van der Waals surface area contributed by atoms with Crippen LogP contribution in [0.4, 0.5) is 5.69 Å². The number of nitrogens with zero attached hydrogens (tertiary/aromatic N) is 4. The standard InChI is InChI=1S/C20H24N6O/c1-21-18(15-11-23-25(2)13-15)20(27)24-16-8-6-14(7-9-16)19-22-12-17-5-3-4-10-26(17)19/h6-9,11-13,18,21H,3-5,10H2,1-2H3,(H,24,27). The van der Waals surface area contributed by atoms with E-state index in [4.69, 9.17) is 0 Å². The molecular weight excluding hydrogens is 340 g/mol. The minimum atomic E-state index is -0.447. The summed E-state index contributed by atoms with van der Waals surface area (Å²) in [6, 6.07) is 7.43. The maximum absolute atomic E-state index is 12.6. The Kier molecular flexibility index (Phi) is 4.77. The van der Waals surface area contributed by atoms with E-state index in [1.165, 1.54) is 18.5 Å². The van der Waals surface area contributed by atoms with Crippen molar-refractivity contribution < 1.29 is 4.79 Å². The summed E-state index contributed by atoms with van der Waals surface area (Å²) < 4.78 is 3.99. The van der Waals surface area contributed by atoms with Gasteiger partial charge in [0.25, 0.3) is 0 Å². The highest BCUT2D eigenvalue weighted by Crippen LogP contribution is 2.26. The van der Waals surface area contributed by atoms with Crippen molar-refractivity contribution in [1.82, 2.24) is 24.6 Å². The summed E-state index contributed by atoms with van der Waals surface area (Å²) >= 11 is 0. The van der Waals surface area contributed by atoms with Gasteiger partial charge in [-0.05, 0) is 50.6 Å². The van der Waals surface area contributed by atoms with Crippen molar-refractivity contribution in [2.45, 2.75) is 31.8 Å². The van der Waals surface area contributed by atoms with E-state index in [0.717, 1.165) is 35.6 Å². The number of aromatic nitrogens is 4. The molecular formula is C20H24N6O. The molecule has 0 bridgehead atoms. The second-order valence-corrected chi connectivity index (χ2v) is 6.92. The quantitative estimate of drug-likeness (QED) is 0.729. The molecule has 27 heavy (non-hydrogen) atoms. The van der Waals surface area contributed by atoms with E-state index < -0.39 is 6.04 Å². The third-order valence-electron chi connectivity index (χ3n) is 5.02. The molecule has 2 aromatic heterocycles. The minimum absolute atomic E-state index is 0.114. The monoisotopic (exact) mass is 364 g/mol. The molecule has 3 heterocycles. The molecule has 7 nitrogen and oxygen atoms in total. The average Bonchev–Trinajstić information content (AvgIpc) is 3.29. The number of benzene rings is 1. The van der Waals surface area contributed by atoms with Crippen molar-refractivity contribution in [2.24, 2.45) is 7.05 Å². The van der Waals surface area contributed by atoms with Crippen molar-refractivity contribution in [3.8, 4) is 11.4 Å². The molecule has 0 fully saturated rings. The first kappa shape index (κ1) is 17.5. The molecule has 1 aromatic carbocycles. The van der Waals surface area contributed by atoms with Gasteiger partial charge in [0.05, 0.1) is 6.20 Å². The summed E-state index contributed by atoms with van der Waals surface area (Å²) in [5.74, 6) is 0.891. The van der Waals surface area contributed by atoms with Gasteiger partial charge in [0.1, 0.15) is 11.9 Å². The number of likely N-dealkylation sites (N-methyl/N-ethyl adjacent to an activating group) is 1. The first-order chi connectivity index (χ1) is 13.2. The number of nitrogens with one attached hydrogen (secondary N) is 2. The molecule has 0 spiro atoms. The Morgan fingerprint density at radius 2 is 2.00 bits per heavy atom. The number of carbonyl (C=O) groups is 1. The van der Waals surface area contributed by atoms with E-state index in [-0.39, 0.29) is 5.91 Å². The van der Waals surface area contributed by atoms with Crippen molar-refractivity contribution >= 4 is 11.6 Å². The summed E-state index contributed by atoms with van der Waals surface area (Å²) in [4.78, 5) is 17.2. The second-order valence-electron chi connectivity index (χ2n) is 6.92. The van der Waals surface area contributed by atoms with Crippen LogP contribution >= 0.6 is 0 Å². The zero-order valence-corrected chi connectivity index (χ0v) is 15.6. The first-order valence-corrected chi connectivity index (χ1v) is 9.27. The van der Waals surface area contributed by atoms with Gasteiger partial charge in [0.2, 0.25) is 5.91 Å². The second kappa shape index (κ2) is 7.36. The van der Waals surface area contributed by atoms with Gasteiger partial charge in [-0.15, -0.1) is 0 Å². The molecule has 1 unspecified atom stereocenters. The van der Waals surface area contributed by atoms with Crippen molar-refractivity contribution in [2.75, 3.05) is 12.4 Å². The van der Waals surface area contributed by atoms with Gasteiger partial charge in [0.15, 0.2) is 0 Å². The smallest absolute Gasteiger partial charge is 0.246 e. The summed E-state index contributed by atoms with van der Waals surface area (Å²) in [5, 5.41) is 10.1. The fraction of sp³-hybridized carbons (Fsp3) is 0.350. The van der Waals surface area contributed by atoms with Crippen molar-refractivity contribution in [3.05, 3.63) is 54.1 Å². The number of anilines is 1. The maximum atomic E-state index is 12.6. The number of carbonyl (C=O) groups excluding carboxylic acids is 1. The summed E-state index contributed by atoms with van der Waals surface area (Å²) in [6.45, 7) is 1.03. The Labute approximate surface area is 158 Å². The Morgan fingerprint density at radius 3 is 2.70 bits per heavy atom. The molecule has 7 heteroatoms. The number of aryl methyl sites for hydroxylation is 2. The molecule has 1 aliphatic rings. The van der Waals surface area contributed by atoms with Crippen LogP contribution in [0.15, 0.2) is 42.9 Å². The van der Waals surface area contributed by atoms with Crippen LogP contribution in [-0.2, 0) is 24.8 Å². The Bertz CT molecular complexity index is 940. The Morgan fingerprint density at radius 1 is 1.19 bits per heavy atom. The van der Waals surface area contributed by atoms with E-state index in [9.17, 15) is 4.79 Å². The maximum Gasteiger partial charge on any atom is 0.246 e. The molecule has 140 valence electrons. The summed E-state index contributed by atoms with van der Waals surface area (Å²) in [7, 11) is 3.60. The minimum Gasteiger partial charge on any atom is -0.328 e. The number of fused-ring (bicyclic) bond motifs is 1. The van der Waals surface area contributed by atoms with Gasteiger partial charge in [-0.25, -0.2) is 4.98 Å². The molecule has 0 saturated heterocycles. The number of rotatable bonds is 5. The summed E-state index contributed by atoms with van der Waals surface area (Å²) in [6.07, 6.45) is 9.05. The van der Waals surface area contributed by atoms with Crippen LogP contribution in [0, 0.1) is 0 Å². The predicted molar refractivity (Wildman–Crippen MR) is 104 cm³/mol. The molecule has 2 N–H and O–H groups in total. The molecule has 0 radical (unpaired) electrons. The van der Waals surface area contributed by atoms with Crippen molar-refractivity contribution in [1.29, 1.82) is 0 Å². The summed E-state index contributed by atoms with van der Waals surface area (Å²) in [5.41, 5.74) is 3.97. The van der Waals surface area contributed by atoms with E-state index in [1.54, 1.807) is 17.9 Å². The van der Waals surface area contributed by atoms with Gasteiger partial charge in [-0.2, -0.15) is 5.10 Å². The van der Waals surface area contributed by atoms with Gasteiger partial charge in [-0.3, -0.25) is 9.48 Å². The molecule has 4 rings (SSSR count). The zero-order valence-electron chi connectivity index (χ0n) is 15.6. The SMILES string of the molecule is CNC(C(=O)Nc1ccc(-c2ncc3n2CCCC3)cc1)c1cnn(C)c1. The van der Waals surface area contributed by atoms with E-state index >= 15 is 0 Å². The first-order valence-electron chi connectivity index (χ1n) is 9.27. The van der Waals surface area contributed by atoms with Crippen LogP contribution in [0.3, 0.4) is 0 Å². The molecule has 1 aliphatic heterocycles. The fourth-order valence-electron chi connectivity index (χ4n) is 3.62. The topological polar surface area (TPSA) is 76.8 Å². The highest BCUT2D eigenvalue weighted by atomic mass is 16.2. The predicted octanol–water partition coefficient (Wildman–Crippen LogP) is 2.52. The van der Waals surface area contributed by atoms with Crippen LogP contribution in [-0.4, -0.2) is 32.3 Å². The van der Waals surface area contributed by atoms with E-state index in [1.807, 2.05) is 43.7 Å². The molecule has 0 saturated carbocycles. The lowest BCUT2D eigenvalue weighted by Crippen LogP contribution is -2.30. The van der Waals surface area contributed by atoms with Crippen LogP contribution in [0.25, 0.3) is 11.4 Å². The normalized spacial score (nSPS) is 14.6. The van der Waals surface area contributed by atoms with Crippen LogP contribution < -0.4 is 10.6 Å². The lowest BCUT2D eigenvalue weighted by molar-refractivity contribution is -0.118. The molecule has 1 amide bonds. The third-order valence-corrected chi connectivity index (χ3v) is 5.02. The molecule has 3 aromatic rings. The number of imidazole rings is 1. The van der Waals surface area contributed by atoms with Crippen LogP contribution in [0.5, 0.6) is 0 Å². The number of amides is 1. The van der Waals surface area contributed by atoms with E-state index in [2.05, 4.69) is 25.3 Å². The van der Waals surface area contributed by atoms with Gasteiger partial charge >= 0.3 is 0 Å². The average molecular weight is 364 g/mol. The van der Waals surface area contributed by atoms with Crippen LogP contribution in [0.2, 0.25) is 0 Å². The van der Waals surface area contributed by atoms with Crippen LogP contribution in [0.1, 0.15) is 30.1 Å².